The summed E-state index contributed by atoms with van der Waals surface area (Å²) < 4.78 is 32.9. The van der Waals surface area contributed by atoms with Crippen LogP contribution >= 0.6 is 0 Å². The number of piperazine rings is 1. The van der Waals surface area contributed by atoms with Crippen LogP contribution in [-0.2, 0) is 27.6 Å². The van der Waals surface area contributed by atoms with Gasteiger partial charge in [0.05, 0.1) is 17.9 Å². The summed E-state index contributed by atoms with van der Waals surface area (Å²) in [5.74, 6) is 0.385. The smallest absolute Gasteiger partial charge is 0.307 e. The highest BCUT2D eigenvalue weighted by atomic mass is 32.2. The van der Waals surface area contributed by atoms with E-state index >= 15 is 0 Å². The summed E-state index contributed by atoms with van der Waals surface area (Å²) in [4.78, 5) is 13.5. The second-order valence-electron chi connectivity index (χ2n) is 8.75. The highest BCUT2D eigenvalue weighted by molar-refractivity contribution is 7.92. The summed E-state index contributed by atoms with van der Waals surface area (Å²) >= 11 is 0. The Labute approximate surface area is 189 Å². The Morgan fingerprint density at radius 2 is 1.94 bits per heavy atom. The molecule has 1 saturated heterocycles. The number of hydrogen-bond acceptors (Lipinski definition) is 6. The molecule has 1 saturated carbocycles. The number of hydrogen-bond donors (Lipinski definition) is 2. The number of carboxylic acid groups (broad SMARTS) is 1. The molecule has 2 fully saturated rings. The number of aliphatic carboxylic acids is 1. The van der Waals surface area contributed by atoms with Crippen molar-refractivity contribution in [1.82, 2.24) is 10.2 Å². The average molecular weight is 459 g/mol. The number of ether oxygens (including phenoxy) is 1. The van der Waals surface area contributed by atoms with Crippen LogP contribution in [0.4, 0.5) is 0 Å². The topological polar surface area (TPSA) is 95.9 Å². The van der Waals surface area contributed by atoms with E-state index in [1.807, 2.05) is 36.1 Å². The summed E-state index contributed by atoms with van der Waals surface area (Å²) in [6.07, 6.45) is 2.25. The molecule has 8 heteroatoms. The fourth-order valence-corrected chi connectivity index (χ4v) is 5.73. The number of nitrogens with zero attached hydrogens (tertiary/aromatic N) is 1. The first-order valence-corrected chi connectivity index (χ1v) is 12.6. The Kier molecular flexibility index (Phi) is 6.83. The molecule has 1 atom stereocenters. The Hall–Kier alpha value is -2.42. The van der Waals surface area contributed by atoms with E-state index in [1.54, 1.807) is 18.2 Å². The first-order chi connectivity index (χ1) is 15.3. The van der Waals surface area contributed by atoms with E-state index in [2.05, 4.69) is 5.32 Å². The summed E-state index contributed by atoms with van der Waals surface area (Å²) in [7, 11) is -3.58. The zero-order chi connectivity index (χ0) is 22.7. The second kappa shape index (κ2) is 9.60. The largest absolute Gasteiger partial charge is 0.493 e. The maximum absolute atomic E-state index is 13.4. The van der Waals surface area contributed by atoms with Crippen molar-refractivity contribution in [3.05, 3.63) is 59.2 Å². The van der Waals surface area contributed by atoms with Crippen molar-refractivity contribution < 1.29 is 23.1 Å². The van der Waals surface area contributed by atoms with Gasteiger partial charge in [-0.3, -0.25) is 9.69 Å². The van der Waals surface area contributed by atoms with E-state index in [4.69, 9.17) is 4.74 Å². The zero-order valence-electron chi connectivity index (χ0n) is 18.3. The van der Waals surface area contributed by atoms with Gasteiger partial charge in [0.2, 0.25) is 0 Å². The molecule has 2 aromatic rings. The Morgan fingerprint density at radius 3 is 2.62 bits per heavy atom. The van der Waals surface area contributed by atoms with Crippen LogP contribution in [0.5, 0.6) is 5.75 Å². The molecular weight excluding hydrogens is 428 g/mol. The molecule has 1 heterocycles. The van der Waals surface area contributed by atoms with E-state index < -0.39 is 21.2 Å². The summed E-state index contributed by atoms with van der Waals surface area (Å²) in [5, 5.41) is 11.7. The monoisotopic (exact) mass is 458 g/mol. The third-order valence-electron chi connectivity index (χ3n) is 6.03. The number of carboxylic acids is 1. The lowest BCUT2D eigenvalue weighted by Gasteiger charge is -2.36. The number of rotatable bonds is 9. The average Bonchev–Trinajstić information content (AvgIpc) is 3.58. The van der Waals surface area contributed by atoms with E-state index in [-0.39, 0.29) is 6.42 Å². The van der Waals surface area contributed by atoms with Crippen LogP contribution in [0.15, 0.2) is 47.4 Å². The van der Waals surface area contributed by atoms with Gasteiger partial charge < -0.3 is 15.2 Å². The molecule has 0 aromatic heterocycles. The molecule has 0 amide bonds. The number of nitrogens with one attached hydrogen (secondary N) is 1. The molecule has 2 aromatic carbocycles. The van der Waals surface area contributed by atoms with E-state index in [9.17, 15) is 18.3 Å². The van der Waals surface area contributed by atoms with Gasteiger partial charge in [0.1, 0.15) is 11.1 Å². The lowest BCUT2D eigenvalue weighted by atomic mass is 10.1. The highest BCUT2D eigenvalue weighted by Crippen LogP contribution is 2.32. The molecule has 7 nitrogen and oxygen atoms in total. The van der Waals surface area contributed by atoms with Crippen molar-refractivity contribution in [2.45, 2.75) is 43.0 Å². The summed E-state index contributed by atoms with van der Waals surface area (Å²) in [6.45, 7) is 4.54. The van der Waals surface area contributed by atoms with Gasteiger partial charge in [0.15, 0.2) is 9.84 Å². The van der Waals surface area contributed by atoms with Crippen LogP contribution in [0.1, 0.15) is 29.5 Å². The summed E-state index contributed by atoms with van der Waals surface area (Å²) in [6, 6.07) is 12.4. The van der Waals surface area contributed by atoms with Crippen LogP contribution in [0.25, 0.3) is 0 Å². The second-order valence-corrected chi connectivity index (χ2v) is 10.9. The van der Waals surface area contributed by atoms with Crippen molar-refractivity contribution >= 4 is 15.8 Å². The normalized spacial score (nSPS) is 19.6. The molecular formula is C24H30N2O5S. The molecule has 2 aliphatic rings. The minimum Gasteiger partial charge on any atom is -0.493 e. The van der Waals surface area contributed by atoms with Crippen LogP contribution in [0, 0.1) is 12.8 Å². The Morgan fingerprint density at radius 1 is 1.19 bits per heavy atom. The molecule has 1 aliphatic carbocycles. The van der Waals surface area contributed by atoms with E-state index in [0.717, 1.165) is 11.1 Å². The molecule has 4 rings (SSSR count). The lowest BCUT2D eigenvalue weighted by molar-refractivity contribution is -0.136. The molecule has 0 radical (unpaired) electrons. The van der Waals surface area contributed by atoms with E-state index in [0.29, 0.717) is 54.9 Å². The molecule has 172 valence electrons. The van der Waals surface area contributed by atoms with Crippen LogP contribution in [-0.4, -0.2) is 56.0 Å². The van der Waals surface area contributed by atoms with Crippen LogP contribution in [0.3, 0.4) is 0 Å². The Balaban J connectivity index is 1.60. The van der Waals surface area contributed by atoms with Crippen molar-refractivity contribution in [3.63, 3.8) is 0 Å². The Bertz CT molecular complexity index is 1060. The standard InChI is InChI=1S/C24H30N2O5S/c1-17-2-7-21(8-3-17)32(29,30)23-14-25-10-11-26(23)15-20-12-19(13-24(27)28)6-9-22(20)31-16-18-4-5-18/h2-3,6-9,12,18,23,25H,4-5,10-11,13-16H2,1H3,(H,27,28). The molecule has 0 bridgehead atoms. The van der Waals surface area contributed by atoms with Gasteiger partial charge in [-0.25, -0.2) is 8.42 Å². The lowest BCUT2D eigenvalue weighted by Crippen LogP contribution is -2.54. The van der Waals surface area contributed by atoms with Crippen molar-refractivity contribution in [2.24, 2.45) is 5.92 Å². The first kappa shape index (κ1) is 22.8. The van der Waals surface area contributed by atoms with Crippen LogP contribution < -0.4 is 10.1 Å². The number of aryl methyl sites for hydroxylation is 1. The summed E-state index contributed by atoms with van der Waals surface area (Å²) in [5.41, 5.74) is 2.52. The van der Waals surface area contributed by atoms with Crippen molar-refractivity contribution in [1.29, 1.82) is 0 Å². The number of sulfone groups is 1. The maximum Gasteiger partial charge on any atom is 0.307 e. The fraction of sp³-hybridized carbons (Fsp3) is 0.458. The van der Waals surface area contributed by atoms with Crippen molar-refractivity contribution in [3.8, 4) is 5.75 Å². The quantitative estimate of drug-likeness (QED) is 0.596. The van der Waals surface area contributed by atoms with Gasteiger partial charge in [0.25, 0.3) is 0 Å². The third-order valence-corrected chi connectivity index (χ3v) is 8.15. The predicted octanol–water partition coefficient (Wildman–Crippen LogP) is 2.62. The fourth-order valence-electron chi connectivity index (χ4n) is 3.99. The number of benzene rings is 2. The number of carbonyl (C=O) groups is 1. The predicted molar refractivity (Wildman–Crippen MR) is 121 cm³/mol. The third kappa shape index (κ3) is 5.49. The van der Waals surface area contributed by atoms with Crippen molar-refractivity contribution in [2.75, 3.05) is 26.2 Å². The molecule has 0 spiro atoms. The van der Waals surface area contributed by atoms with Gasteiger partial charge in [-0.05, 0) is 49.4 Å². The zero-order valence-corrected chi connectivity index (χ0v) is 19.1. The highest BCUT2D eigenvalue weighted by Gasteiger charge is 2.35. The van der Waals surface area contributed by atoms with Crippen LogP contribution in [0.2, 0.25) is 0 Å². The minimum absolute atomic E-state index is 0.0808. The van der Waals surface area contributed by atoms with Gasteiger partial charge >= 0.3 is 5.97 Å². The molecule has 2 N–H and O–H groups in total. The molecule has 1 unspecified atom stereocenters. The van der Waals surface area contributed by atoms with Gasteiger partial charge in [0, 0.05) is 31.7 Å². The van der Waals surface area contributed by atoms with Gasteiger partial charge in [-0.15, -0.1) is 0 Å². The van der Waals surface area contributed by atoms with Gasteiger partial charge in [-0.2, -0.15) is 0 Å². The van der Waals surface area contributed by atoms with Gasteiger partial charge in [-0.1, -0.05) is 29.8 Å². The minimum atomic E-state index is -3.58. The maximum atomic E-state index is 13.4. The SMILES string of the molecule is Cc1ccc(S(=O)(=O)C2CNCCN2Cc2cc(CC(=O)O)ccc2OCC2CC2)cc1. The molecule has 32 heavy (non-hydrogen) atoms. The first-order valence-electron chi connectivity index (χ1n) is 11.0. The van der Waals surface area contributed by atoms with E-state index in [1.165, 1.54) is 12.8 Å². The molecule has 1 aliphatic heterocycles.